The molecule has 4 heteroatoms. The van der Waals surface area contributed by atoms with Crippen molar-refractivity contribution < 1.29 is 15.0 Å². The molecule has 0 radical (unpaired) electrons. The average molecular weight is 249 g/mol. The van der Waals surface area contributed by atoms with Gasteiger partial charge in [-0.2, -0.15) is 0 Å². The first-order valence-electron chi connectivity index (χ1n) is 6.38. The normalized spacial score (nSPS) is 17.7. The van der Waals surface area contributed by atoms with Crippen LogP contribution < -0.4 is 5.73 Å². The zero-order valence-electron chi connectivity index (χ0n) is 10.4. The third-order valence-electron chi connectivity index (χ3n) is 3.50. The van der Waals surface area contributed by atoms with Gasteiger partial charge in [-0.1, -0.05) is 12.1 Å². The second-order valence-electron chi connectivity index (χ2n) is 4.98. The minimum atomic E-state index is -0.765. The van der Waals surface area contributed by atoms with Gasteiger partial charge in [0.2, 0.25) is 0 Å². The summed E-state index contributed by atoms with van der Waals surface area (Å²) in [5.74, 6) is -0.394. The summed E-state index contributed by atoms with van der Waals surface area (Å²) in [4.78, 5) is 10.4. The van der Waals surface area contributed by atoms with Crippen LogP contribution in [-0.4, -0.2) is 22.2 Å². The number of carboxylic acids is 1. The van der Waals surface area contributed by atoms with Crippen LogP contribution in [0.1, 0.15) is 36.0 Å². The van der Waals surface area contributed by atoms with Crippen molar-refractivity contribution in [3.8, 4) is 5.75 Å². The Hall–Kier alpha value is -1.55. The lowest BCUT2D eigenvalue weighted by molar-refractivity contribution is -0.137. The molecular weight excluding hydrogens is 230 g/mol. The molecule has 4 nitrogen and oxygen atoms in total. The molecule has 1 aromatic rings. The number of phenols is 1. The first kappa shape index (κ1) is 12.9. The molecule has 0 fully saturated rings. The molecule has 18 heavy (non-hydrogen) atoms. The van der Waals surface area contributed by atoms with E-state index in [9.17, 15) is 9.90 Å². The van der Waals surface area contributed by atoms with Gasteiger partial charge in [-0.25, -0.2) is 0 Å². The topological polar surface area (TPSA) is 83.6 Å². The molecule has 0 bridgehead atoms. The molecule has 4 N–H and O–H groups in total. The van der Waals surface area contributed by atoms with Crippen molar-refractivity contribution in [1.29, 1.82) is 0 Å². The van der Waals surface area contributed by atoms with Gasteiger partial charge in [-0.3, -0.25) is 4.79 Å². The molecule has 1 aliphatic rings. The lowest BCUT2D eigenvalue weighted by Crippen LogP contribution is -2.19. The molecule has 0 spiro atoms. The quantitative estimate of drug-likeness (QED) is 0.692. The van der Waals surface area contributed by atoms with E-state index in [4.69, 9.17) is 10.8 Å². The van der Waals surface area contributed by atoms with E-state index in [2.05, 4.69) is 0 Å². The molecule has 0 heterocycles. The van der Waals surface area contributed by atoms with Gasteiger partial charge in [0.1, 0.15) is 5.75 Å². The van der Waals surface area contributed by atoms with E-state index in [1.54, 1.807) is 0 Å². The largest absolute Gasteiger partial charge is 0.507 e. The van der Waals surface area contributed by atoms with Gasteiger partial charge in [0, 0.05) is 12.5 Å². The number of rotatable bonds is 5. The van der Waals surface area contributed by atoms with E-state index in [0.29, 0.717) is 12.2 Å². The molecule has 1 atom stereocenters. The maximum atomic E-state index is 10.4. The summed E-state index contributed by atoms with van der Waals surface area (Å²) in [5, 5.41) is 18.7. The zero-order valence-corrected chi connectivity index (χ0v) is 10.4. The lowest BCUT2D eigenvalue weighted by Gasteiger charge is -2.09. The smallest absolute Gasteiger partial charge is 0.303 e. The maximum Gasteiger partial charge on any atom is 0.303 e. The van der Waals surface area contributed by atoms with Crippen LogP contribution in [0.5, 0.6) is 5.75 Å². The molecule has 98 valence electrons. The van der Waals surface area contributed by atoms with Crippen molar-refractivity contribution in [2.45, 2.75) is 44.6 Å². The Morgan fingerprint density at radius 3 is 2.83 bits per heavy atom. The van der Waals surface area contributed by atoms with Crippen LogP contribution in [0.3, 0.4) is 0 Å². The summed E-state index contributed by atoms with van der Waals surface area (Å²) in [5.41, 5.74) is 8.92. The molecule has 2 rings (SSSR count). The van der Waals surface area contributed by atoms with Gasteiger partial charge in [0.25, 0.3) is 0 Å². The Bertz CT molecular complexity index is 457. The highest BCUT2D eigenvalue weighted by Gasteiger charge is 2.22. The highest BCUT2D eigenvalue weighted by Crippen LogP contribution is 2.33. The van der Waals surface area contributed by atoms with Crippen molar-refractivity contribution >= 4 is 5.97 Å². The minimum Gasteiger partial charge on any atom is -0.507 e. The number of carbonyl (C=O) groups is 1. The number of benzene rings is 1. The van der Waals surface area contributed by atoms with Gasteiger partial charge in [-0.15, -0.1) is 0 Å². The van der Waals surface area contributed by atoms with E-state index in [1.807, 2.05) is 12.1 Å². The predicted molar refractivity (Wildman–Crippen MR) is 68.7 cm³/mol. The number of nitrogens with two attached hydrogens (primary N) is 1. The third kappa shape index (κ3) is 2.82. The first-order valence-corrected chi connectivity index (χ1v) is 6.38. The van der Waals surface area contributed by atoms with Crippen LogP contribution in [0.4, 0.5) is 0 Å². The summed E-state index contributed by atoms with van der Waals surface area (Å²) in [7, 11) is 0. The molecule has 0 saturated heterocycles. The molecule has 1 unspecified atom stereocenters. The first-order chi connectivity index (χ1) is 8.58. The molecule has 1 aromatic carbocycles. The second kappa shape index (κ2) is 5.40. The molecule has 0 saturated carbocycles. The van der Waals surface area contributed by atoms with Crippen molar-refractivity contribution in [2.24, 2.45) is 5.73 Å². The Kier molecular flexibility index (Phi) is 3.87. The van der Waals surface area contributed by atoms with Crippen molar-refractivity contribution in [2.75, 3.05) is 0 Å². The number of aliphatic carboxylic acids is 1. The van der Waals surface area contributed by atoms with Crippen molar-refractivity contribution in [3.05, 3.63) is 28.8 Å². The highest BCUT2D eigenvalue weighted by atomic mass is 16.4. The molecular formula is C14H19NO3. The number of aromatic hydroxyl groups is 1. The Morgan fingerprint density at radius 2 is 2.11 bits per heavy atom. The van der Waals surface area contributed by atoms with E-state index >= 15 is 0 Å². The fourth-order valence-corrected chi connectivity index (χ4v) is 2.56. The number of fused-ring (bicyclic) bond motifs is 1. The number of aryl methyl sites for hydroxylation is 1. The van der Waals surface area contributed by atoms with Gasteiger partial charge < -0.3 is 15.9 Å². The van der Waals surface area contributed by atoms with E-state index in [1.165, 1.54) is 0 Å². The average Bonchev–Trinajstić information content (AvgIpc) is 2.68. The number of carboxylic acid groups (broad SMARTS) is 1. The molecule has 1 aliphatic carbocycles. The highest BCUT2D eigenvalue weighted by molar-refractivity contribution is 5.66. The van der Waals surface area contributed by atoms with Crippen LogP contribution in [0.25, 0.3) is 0 Å². The monoisotopic (exact) mass is 249 g/mol. The Balaban J connectivity index is 1.98. The van der Waals surface area contributed by atoms with Gasteiger partial charge in [0.15, 0.2) is 0 Å². The molecule has 0 aliphatic heterocycles. The van der Waals surface area contributed by atoms with Crippen LogP contribution in [0.15, 0.2) is 12.1 Å². The van der Waals surface area contributed by atoms with Crippen LogP contribution in [0.2, 0.25) is 0 Å². The van der Waals surface area contributed by atoms with E-state index in [-0.39, 0.29) is 12.5 Å². The Morgan fingerprint density at radius 1 is 1.33 bits per heavy atom. The zero-order chi connectivity index (χ0) is 13.1. The number of unbranched alkanes of at least 4 members (excludes halogenated alkanes) is 1. The van der Waals surface area contributed by atoms with Gasteiger partial charge in [-0.05, 0) is 48.8 Å². The van der Waals surface area contributed by atoms with E-state index < -0.39 is 5.97 Å². The summed E-state index contributed by atoms with van der Waals surface area (Å²) in [6, 6.07) is 4.09. The SMILES string of the molecule is NC1Cc2ccc(CCCCC(=O)O)c(O)c2C1. The Labute approximate surface area is 106 Å². The number of phenolic OH excluding ortho intramolecular Hbond substituents is 1. The number of hydrogen-bond donors (Lipinski definition) is 3. The minimum absolute atomic E-state index is 0.119. The van der Waals surface area contributed by atoms with Crippen molar-refractivity contribution in [3.63, 3.8) is 0 Å². The summed E-state index contributed by atoms with van der Waals surface area (Å²) in [6.07, 6.45) is 3.92. The van der Waals surface area contributed by atoms with E-state index in [0.717, 1.165) is 42.4 Å². The second-order valence-corrected chi connectivity index (χ2v) is 4.98. The predicted octanol–water partition coefficient (Wildman–Crippen LogP) is 1.62. The summed E-state index contributed by atoms with van der Waals surface area (Å²) >= 11 is 0. The third-order valence-corrected chi connectivity index (χ3v) is 3.50. The lowest BCUT2D eigenvalue weighted by atomic mass is 10.00. The van der Waals surface area contributed by atoms with Gasteiger partial charge >= 0.3 is 5.97 Å². The molecule has 0 amide bonds. The fraction of sp³-hybridized carbons (Fsp3) is 0.500. The molecule has 0 aromatic heterocycles. The summed E-state index contributed by atoms with van der Waals surface area (Å²) < 4.78 is 0. The number of hydrogen-bond acceptors (Lipinski definition) is 3. The standard InChI is InChI=1S/C14H19NO3/c15-11-7-10-6-5-9(14(18)12(10)8-11)3-1-2-4-13(16)17/h5-6,11,18H,1-4,7-8,15H2,(H,16,17). The van der Waals surface area contributed by atoms with Gasteiger partial charge in [0.05, 0.1) is 0 Å². The van der Waals surface area contributed by atoms with Crippen LogP contribution in [0, 0.1) is 0 Å². The van der Waals surface area contributed by atoms with Crippen LogP contribution >= 0.6 is 0 Å². The fourth-order valence-electron chi connectivity index (χ4n) is 2.56. The maximum absolute atomic E-state index is 10.4. The van der Waals surface area contributed by atoms with Crippen molar-refractivity contribution in [1.82, 2.24) is 0 Å². The van der Waals surface area contributed by atoms with Crippen LogP contribution in [-0.2, 0) is 24.1 Å². The summed E-state index contributed by atoms with van der Waals surface area (Å²) in [6.45, 7) is 0.